The van der Waals surface area contributed by atoms with E-state index < -0.39 is 0 Å². The molecule has 126 valence electrons. The van der Waals surface area contributed by atoms with Gasteiger partial charge in [0.2, 0.25) is 5.91 Å². The van der Waals surface area contributed by atoms with Crippen LogP contribution < -0.4 is 10.1 Å². The number of benzene rings is 1. The number of nitrogens with one attached hydrogen (secondary N) is 1. The lowest BCUT2D eigenvalue weighted by atomic mass is 10.1. The maximum absolute atomic E-state index is 12.5. The molecule has 0 saturated carbocycles. The van der Waals surface area contributed by atoms with E-state index in [1.807, 2.05) is 18.9 Å². The molecule has 1 aliphatic rings. The summed E-state index contributed by atoms with van der Waals surface area (Å²) in [7, 11) is 3.44. The number of nitrogens with zero attached hydrogens (tertiary/aromatic N) is 2. The van der Waals surface area contributed by atoms with Crippen molar-refractivity contribution in [3.05, 3.63) is 29.8 Å². The van der Waals surface area contributed by atoms with Crippen molar-refractivity contribution in [2.75, 3.05) is 46.9 Å². The van der Waals surface area contributed by atoms with Gasteiger partial charge in [-0.25, -0.2) is 0 Å². The molecule has 2 amide bonds. The van der Waals surface area contributed by atoms with Crippen LogP contribution in [-0.4, -0.2) is 68.5 Å². The molecule has 0 spiro atoms. The quantitative estimate of drug-likeness (QED) is 0.873. The van der Waals surface area contributed by atoms with E-state index in [-0.39, 0.29) is 17.7 Å². The molecule has 1 N–H and O–H groups in total. The van der Waals surface area contributed by atoms with E-state index >= 15 is 0 Å². The average molecular weight is 319 g/mol. The van der Waals surface area contributed by atoms with E-state index in [1.165, 1.54) is 0 Å². The summed E-state index contributed by atoms with van der Waals surface area (Å²) < 4.78 is 5.10. The molecule has 1 aromatic carbocycles. The third kappa shape index (κ3) is 4.22. The average Bonchev–Trinajstić information content (AvgIpc) is 2.61. The topological polar surface area (TPSA) is 61.9 Å². The minimum Gasteiger partial charge on any atom is -0.497 e. The number of piperazine rings is 1. The summed E-state index contributed by atoms with van der Waals surface area (Å²) in [5.41, 5.74) is 0.647. The lowest BCUT2D eigenvalue weighted by molar-refractivity contribution is -0.136. The normalized spacial score (nSPS) is 16.1. The molecule has 0 bridgehead atoms. The molecular weight excluding hydrogens is 294 g/mol. The molecule has 0 radical (unpaired) electrons. The number of rotatable bonds is 5. The Morgan fingerprint density at radius 2 is 1.70 bits per heavy atom. The third-order valence-corrected chi connectivity index (χ3v) is 4.15. The lowest BCUT2D eigenvalue weighted by Gasteiger charge is -2.36. The van der Waals surface area contributed by atoms with Gasteiger partial charge in [-0.2, -0.15) is 0 Å². The molecule has 1 saturated heterocycles. The number of hydrogen-bond acceptors (Lipinski definition) is 4. The van der Waals surface area contributed by atoms with Crippen molar-refractivity contribution in [3.63, 3.8) is 0 Å². The van der Waals surface area contributed by atoms with Crippen LogP contribution in [0.4, 0.5) is 0 Å². The van der Waals surface area contributed by atoms with Gasteiger partial charge >= 0.3 is 0 Å². The highest BCUT2D eigenvalue weighted by Crippen LogP contribution is 2.15. The van der Waals surface area contributed by atoms with Gasteiger partial charge in [0, 0.05) is 44.2 Å². The van der Waals surface area contributed by atoms with Gasteiger partial charge in [0.15, 0.2) is 0 Å². The van der Waals surface area contributed by atoms with Gasteiger partial charge in [-0.3, -0.25) is 9.59 Å². The number of carbonyl (C=O) groups excluding carboxylic acids is 2. The maximum atomic E-state index is 12.5. The van der Waals surface area contributed by atoms with Gasteiger partial charge in [-0.05, 0) is 31.3 Å². The molecule has 2 rings (SSSR count). The zero-order chi connectivity index (χ0) is 16.8. The van der Waals surface area contributed by atoms with Gasteiger partial charge in [0.25, 0.3) is 5.91 Å². The van der Waals surface area contributed by atoms with Crippen molar-refractivity contribution < 1.29 is 14.3 Å². The Labute approximate surface area is 137 Å². The highest BCUT2D eigenvalue weighted by Gasteiger charge is 2.27. The summed E-state index contributed by atoms with van der Waals surface area (Å²) >= 11 is 0. The van der Waals surface area contributed by atoms with Gasteiger partial charge < -0.3 is 19.9 Å². The fourth-order valence-electron chi connectivity index (χ4n) is 2.75. The predicted octanol–water partition coefficient (Wildman–Crippen LogP) is 0.835. The Morgan fingerprint density at radius 3 is 2.22 bits per heavy atom. The number of hydrogen-bond donors (Lipinski definition) is 1. The largest absolute Gasteiger partial charge is 0.497 e. The standard InChI is InChI=1S/C17H25N3O3/c1-13(12-18-2)16(21)19-8-10-20(11-9-19)17(22)14-4-6-15(23-3)7-5-14/h4-7,13,18H,8-12H2,1-3H3. The highest BCUT2D eigenvalue weighted by atomic mass is 16.5. The molecular formula is C17H25N3O3. The van der Waals surface area contributed by atoms with E-state index in [1.54, 1.807) is 36.3 Å². The van der Waals surface area contributed by atoms with Crippen LogP contribution in [-0.2, 0) is 4.79 Å². The fourth-order valence-corrected chi connectivity index (χ4v) is 2.75. The minimum absolute atomic E-state index is 0.00280. The number of ether oxygens (including phenoxy) is 1. The van der Waals surface area contributed by atoms with Crippen molar-refractivity contribution in [1.82, 2.24) is 15.1 Å². The zero-order valence-corrected chi connectivity index (χ0v) is 14.0. The first-order valence-corrected chi connectivity index (χ1v) is 7.93. The van der Waals surface area contributed by atoms with Gasteiger partial charge in [0.05, 0.1) is 7.11 Å². The van der Waals surface area contributed by atoms with E-state index in [2.05, 4.69) is 5.32 Å². The van der Waals surface area contributed by atoms with Gasteiger partial charge in [-0.1, -0.05) is 6.92 Å². The highest BCUT2D eigenvalue weighted by molar-refractivity contribution is 5.94. The Hall–Kier alpha value is -2.08. The first-order valence-electron chi connectivity index (χ1n) is 7.93. The first-order chi connectivity index (χ1) is 11.1. The second-order valence-electron chi connectivity index (χ2n) is 5.80. The minimum atomic E-state index is -0.0381. The molecule has 1 atom stereocenters. The Balaban J connectivity index is 1.90. The zero-order valence-electron chi connectivity index (χ0n) is 14.0. The van der Waals surface area contributed by atoms with Crippen molar-refractivity contribution >= 4 is 11.8 Å². The molecule has 1 fully saturated rings. The Kier molecular flexibility index (Phi) is 5.98. The van der Waals surface area contributed by atoms with Crippen LogP contribution in [0, 0.1) is 5.92 Å². The molecule has 6 heteroatoms. The summed E-state index contributed by atoms with van der Waals surface area (Å²) in [6.45, 7) is 4.92. The maximum Gasteiger partial charge on any atom is 0.253 e. The Bertz CT molecular complexity index is 537. The van der Waals surface area contributed by atoms with Crippen LogP contribution in [0.1, 0.15) is 17.3 Å². The molecule has 1 heterocycles. The molecule has 0 aromatic heterocycles. The summed E-state index contributed by atoms with van der Waals surface area (Å²) in [5.74, 6) is 0.846. The van der Waals surface area contributed by atoms with Crippen LogP contribution in [0.5, 0.6) is 5.75 Å². The van der Waals surface area contributed by atoms with E-state index in [0.717, 1.165) is 5.75 Å². The van der Waals surface area contributed by atoms with Crippen LogP contribution in [0.3, 0.4) is 0 Å². The Morgan fingerprint density at radius 1 is 1.13 bits per heavy atom. The predicted molar refractivity (Wildman–Crippen MR) is 88.6 cm³/mol. The van der Waals surface area contributed by atoms with Crippen LogP contribution in [0.2, 0.25) is 0 Å². The molecule has 6 nitrogen and oxygen atoms in total. The molecule has 1 unspecified atom stereocenters. The SMILES string of the molecule is CNCC(C)C(=O)N1CCN(C(=O)c2ccc(OC)cc2)CC1. The molecule has 1 aromatic rings. The number of amides is 2. The molecule has 23 heavy (non-hydrogen) atoms. The third-order valence-electron chi connectivity index (χ3n) is 4.15. The van der Waals surface area contributed by atoms with Crippen molar-refractivity contribution in [3.8, 4) is 5.75 Å². The number of methoxy groups -OCH3 is 1. The number of carbonyl (C=O) groups is 2. The lowest BCUT2D eigenvalue weighted by Crippen LogP contribution is -2.52. The van der Waals surface area contributed by atoms with Crippen molar-refractivity contribution in [2.45, 2.75) is 6.92 Å². The second-order valence-corrected chi connectivity index (χ2v) is 5.80. The molecule has 1 aliphatic heterocycles. The van der Waals surface area contributed by atoms with Crippen molar-refractivity contribution in [2.24, 2.45) is 5.92 Å². The second kappa shape index (κ2) is 7.97. The van der Waals surface area contributed by atoms with Crippen LogP contribution in [0.15, 0.2) is 24.3 Å². The van der Waals surface area contributed by atoms with E-state index in [9.17, 15) is 9.59 Å². The van der Waals surface area contributed by atoms with E-state index in [4.69, 9.17) is 4.74 Å². The van der Waals surface area contributed by atoms with Crippen LogP contribution in [0.25, 0.3) is 0 Å². The van der Waals surface area contributed by atoms with Gasteiger partial charge in [-0.15, -0.1) is 0 Å². The van der Waals surface area contributed by atoms with Gasteiger partial charge in [0.1, 0.15) is 5.75 Å². The van der Waals surface area contributed by atoms with E-state index in [0.29, 0.717) is 38.3 Å². The summed E-state index contributed by atoms with van der Waals surface area (Å²) in [6, 6.07) is 7.11. The fraction of sp³-hybridized carbons (Fsp3) is 0.529. The summed E-state index contributed by atoms with van der Waals surface area (Å²) in [4.78, 5) is 28.4. The smallest absolute Gasteiger partial charge is 0.253 e. The molecule has 0 aliphatic carbocycles. The van der Waals surface area contributed by atoms with Crippen LogP contribution >= 0.6 is 0 Å². The summed E-state index contributed by atoms with van der Waals surface area (Å²) in [6.07, 6.45) is 0. The monoisotopic (exact) mass is 319 g/mol. The summed E-state index contributed by atoms with van der Waals surface area (Å²) in [5, 5.41) is 3.02. The first kappa shape index (κ1) is 17.3. The van der Waals surface area contributed by atoms with Crippen molar-refractivity contribution in [1.29, 1.82) is 0 Å².